The molecule has 0 aliphatic carbocycles. The van der Waals surface area contributed by atoms with Crippen LogP contribution in [0.25, 0.3) is 22.2 Å². The van der Waals surface area contributed by atoms with Crippen molar-refractivity contribution in [3.8, 4) is 0 Å². The number of amides is 1. The highest BCUT2D eigenvalue weighted by atomic mass is 16.5. The lowest BCUT2D eigenvalue weighted by atomic mass is 10.0. The summed E-state index contributed by atoms with van der Waals surface area (Å²) in [6.45, 7) is 7.68. The Hall–Kier alpha value is -2.67. The number of aromatic nitrogens is 3. The lowest BCUT2D eigenvalue weighted by Crippen LogP contribution is -2.33. The summed E-state index contributed by atoms with van der Waals surface area (Å²) in [4.78, 5) is 22.7. The molecule has 0 radical (unpaired) electrons. The van der Waals surface area contributed by atoms with Gasteiger partial charge < -0.3 is 20.4 Å². The molecule has 0 saturated carbocycles. The minimum absolute atomic E-state index is 0.0657. The highest BCUT2D eigenvalue weighted by Gasteiger charge is 2.24. The molecular weight excluding hydrogens is 378 g/mol. The van der Waals surface area contributed by atoms with Crippen LogP contribution in [0.4, 0.5) is 5.82 Å². The van der Waals surface area contributed by atoms with Gasteiger partial charge in [-0.05, 0) is 37.8 Å². The molecule has 162 valence electrons. The summed E-state index contributed by atoms with van der Waals surface area (Å²) in [7, 11) is 1.67. The smallest absolute Gasteiger partial charge is 0.257 e. The van der Waals surface area contributed by atoms with E-state index in [0.717, 1.165) is 36.7 Å². The van der Waals surface area contributed by atoms with E-state index in [2.05, 4.69) is 19.2 Å². The van der Waals surface area contributed by atoms with Crippen LogP contribution in [0, 0.1) is 5.92 Å². The Labute approximate surface area is 178 Å². The Kier molecular flexibility index (Phi) is 7.26. The topological polar surface area (TPSA) is 95.1 Å². The molecular formula is C23H33N5O2. The number of rotatable bonds is 10. The lowest BCUT2D eigenvalue weighted by molar-refractivity contribution is 0.0940. The highest BCUT2D eigenvalue weighted by Crippen LogP contribution is 2.28. The second kappa shape index (κ2) is 9.89. The summed E-state index contributed by atoms with van der Waals surface area (Å²) in [5.41, 5.74) is 9.59. The molecule has 3 rings (SSSR count). The number of hydrogen-bond donors (Lipinski definition) is 2. The van der Waals surface area contributed by atoms with Crippen LogP contribution in [0.5, 0.6) is 0 Å². The molecule has 0 aliphatic heterocycles. The highest BCUT2D eigenvalue weighted by molar-refractivity contribution is 6.10. The van der Waals surface area contributed by atoms with Crippen LogP contribution in [-0.2, 0) is 11.3 Å². The largest absolute Gasteiger partial charge is 0.385 e. The molecule has 0 aliphatic rings. The predicted molar refractivity (Wildman–Crippen MR) is 122 cm³/mol. The zero-order valence-electron chi connectivity index (χ0n) is 18.4. The fourth-order valence-electron chi connectivity index (χ4n) is 3.73. The molecule has 7 nitrogen and oxygen atoms in total. The Balaban J connectivity index is 1.94. The lowest BCUT2D eigenvalue weighted by Gasteiger charge is -2.14. The van der Waals surface area contributed by atoms with Crippen molar-refractivity contribution < 1.29 is 9.53 Å². The standard InChI is InChI=1S/C23H33N5O2/c1-15(2)9-7-10-16(3)25-23(29)19-20-22(28(21(19)24)13-8-14-30-4)27-18-12-6-5-11-17(18)26-20/h5-6,11-12,15-16H,7-10,13-14,24H2,1-4H3,(H,25,29)/t16-/m0/s1. The predicted octanol–water partition coefficient (Wildman–Crippen LogP) is 4.15. The number of aryl methyl sites for hydroxylation is 1. The van der Waals surface area contributed by atoms with Crippen molar-refractivity contribution in [3.05, 3.63) is 29.8 Å². The van der Waals surface area contributed by atoms with Gasteiger partial charge in [0.25, 0.3) is 5.91 Å². The molecule has 3 aromatic rings. The zero-order chi connectivity index (χ0) is 21.7. The van der Waals surface area contributed by atoms with E-state index in [1.165, 1.54) is 0 Å². The maximum atomic E-state index is 13.2. The number of nitrogens with one attached hydrogen (secondary N) is 1. The van der Waals surface area contributed by atoms with Gasteiger partial charge in [-0.25, -0.2) is 9.97 Å². The van der Waals surface area contributed by atoms with Crippen molar-refractivity contribution in [3.63, 3.8) is 0 Å². The minimum Gasteiger partial charge on any atom is -0.385 e. The summed E-state index contributed by atoms with van der Waals surface area (Å²) in [6.07, 6.45) is 3.94. The van der Waals surface area contributed by atoms with Gasteiger partial charge in [-0.1, -0.05) is 38.8 Å². The molecule has 1 atom stereocenters. The van der Waals surface area contributed by atoms with Crippen molar-refractivity contribution in [2.24, 2.45) is 5.92 Å². The molecule has 0 spiro atoms. The van der Waals surface area contributed by atoms with Gasteiger partial charge in [-0.2, -0.15) is 0 Å². The Morgan fingerprint density at radius 2 is 1.83 bits per heavy atom. The number of methoxy groups -OCH3 is 1. The number of nitrogen functional groups attached to an aromatic ring is 1. The number of anilines is 1. The quantitative estimate of drug-likeness (QED) is 0.489. The molecule has 2 heterocycles. The van der Waals surface area contributed by atoms with E-state index < -0.39 is 0 Å². The van der Waals surface area contributed by atoms with Crippen LogP contribution in [0.15, 0.2) is 24.3 Å². The van der Waals surface area contributed by atoms with Gasteiger partial charge in [-0.3, -0.25) is 4.79 Å². The van der Waals surface area contributed by atoms with Crippen LogP contribution in [0.1, 0.15) is 56.8 Å². The maximum Gasteiger partial charge on any atom is 0.257 e. The Bertz CT molecular complexity index is 1010. The summed E-state index contributed by atoms with van der Waals surface area (Å²) in [6, 6.07) is 7.73. The van der Waals surface area contributed by atoms with Crippen molar-refractivity contribution >= 4 is 33.9 Å². The minimum atomic E-state index is -0.190. The fraction of sp³-hybridized carbons (Fsp3) is 0.522. The summed E-state index contributed by atoms with van der Waals surface area (Å²) >= 11 is 0. The van der Waals surface area contributed by atoms with E-state index in [0.29, 0.717) is 41.6 Å². The van der Waals surface area contributed by atoms with Gasteiger partial charge >= 0.3 is 0 Å². The third kappa shape index (κ3) is 4.90. The number of para-hydroxylation sites is 2. The molecule has 0 bridgehead atoms. The Morgan fingerprint density at radius 1 is 1.13 bits per heavy atom. The van der Waals surface area contributed by atoms with E-state index in [1.54, 1.807) is 7.11 Å². The number of benzene rings is 1. The fourth-order valence-corrected chi connectivity index (χ4v) is 3.73. The monoisotopic (exact) mass is 411 g/mol. The Morgan fingerprint density at radius 3 is 2.50 bits per heavy atom. The summed E-state index contributed by atoms with van der Waals surface area (Å²) in [5, 5.41) is 3.11. The second-order valence-electron chi connectivity index (χ2n) is 8.34. The van der Waals surface area contributed by atoms with Crippen LogP contribution >= 0.6 is 0 Å². The molecule has 0 fully saturated rings. The number of nitrogens with two attached hydrogens (primary N) is 1. The maximum absolute atomic E-state index is 13.2. The van der Waals surface area contributed by atoms with Gasteiger partial charge in [0.15, 0.2) is 5.65 Å². The van der Waals surface area contributed by atoms with Crippen LogP contribution < -0.4 is 11.1 Å². The first-order valence-corrected chi connectivity index (χ1v) is 10.8. The average molecular weight is 412 g/mol. The van der Waals surface area contributed by atoms with Crippen LogP contribution in [0.2, 0.25) is 0 Å². The first-order chi connectivity index (χ1) is 14.4. The summed E-state index contributed by atoms with van der Waals surface area (Å²) < 4.78 is 7.06. The van der Waals surface area contributed by atoms with Crippen molar-refractivity contribution in [1.29, 1.82) is 0 Å². The van der Waals surface area contributed by atoms with E-state index >= 15 is 0 Å². The molecule has 2 aromatic heterocycles. The van der Waals surface area contributed by atoms with E-state index in [4.69, 9.17) is 20.4 Å². The SMILES string of the molecule is COCCCn1c(N)c(C(=O)N[C@@H](C)CCCC(C)C)c2nc3ccccc3nc21. The number of ether oxygens (including phenoxy) is 1. The van der Waals surface area contributed by atoms with Crippen LogP contribution in [0.3, 0.4) is 0 Å². The van der Waals surface area contributed by atoms with Gasteiger partial charge in [-0.15, -0.1) is 0 Å². The number of carbonyl (C=O) groups excluding carboxylic acids is 1. The normalized spacial score (nSPS) is 12.7. The van der Waals surface area contributed by atoms with Crippen molar-refractivity contribution in [1.82, 2.24) is 19.9 Å². The average Bonchev–Trinajstić information content (AvgIpc) is 2.97. The molecule has 0 unspecified atom stereocenters. The number of fused-ring (bicyclic) bond motifs is 2. The van der Waals surface area contributed by atoms with Gasteiger partial charge in [0.2, 0.25) is 0 Å². The second-order valence-corrected chi connectivity index (χ2v) is 8.34. The molecule has 1 amide bonds. The molecule has 1 aromatic carbocycles. The zero-order valence-corrected chi connectivity index (χ0v) is 18.4. The summed E-state index contributed by atoms with van der Waals surface area (Å²) in [5.74, 6) is 0.880. The number of nitrogens with zero attached hydrogens (tertiary/aromatic N) is 3. The van der Waals surface area contributed by atoms with Gasteiger partial charge in [0.05, 0.1) is 11.0 Å². The molecule has 7 heteroatoms. The first kappa shape index (κ1) is 22.0. The van der Waals surface area contributed by atoms with E-state index in [1.807, 2.05) is 35.8 Å². The van der Waals surface area contributed by atoms with E-state index in [-0.39, 0.29) is 11.9 Å². The molecule has 3 N–H and O–H groups in total. The van der Waals surface area contributed by atoms with Gasteiger partial charge in [0.1, 0.15) is 16.9 Å². The number of carbonyl (C=O) groups is 1. The third-order valence-electron chi connectivity index (χ3n) is 5.34. The van der Waals surface area contributed by atoms with Gasteiger partial charge in [0, 0.05) is 26.3 Å². The molecule has 0 saturated heterocycles. The molecule has 30 heavy (non-hydrogen) atoms. The van der Waals surface area contributed by atoms with E-state index in [9.17, 15) is 4.79 Å². The first-order valence-electron chi connectivity index (χ1n) is 10.8. The van der Waals surface area contributed by atoms with Crippen molar-refractivity contribution in [2.75, 3.05) is 19.5 Å². The van der Waals surface area contributed by atoms with Crippen molar-refractivity contribution in [2.45, 2.75) is 59.0 Å². The third-order valence-corrected chi connectivity index (χ3v) is 5.34. The van der Waals surface area contributed by atoms with Crippen LogP contribution in [-0.4, -0.2) is 40.2 Å². The number of hydrogen-bond acceptors (Lipinski definition) is 5.